The van der Waals surface area contributed by atoms with E-state index in [9.17, 15) is 0 Å². The van der Waals surface area contributed by atoms with E-state index < -0.39 is 0 Å². The summed E-state index contributed by atoms with van der Waals surface area (Å²) in [6.45, 7) is 0. The molecular weight excluding hydrogens is 390 g/mol. The predicted molar refractivity (Wildman–Crippen MR) is 113 cm³/mol. The van der Waals surface area contributed by atoms with Gasteiger partial charge in [-0.15, -0.1) is 5.10 Å². The zero-order valence-corrected chi connectivity index (χ0v) is 16.2. The van der Waals surface area contributed by atoms with Gasteiger partial charge in [0.05, 0.1) is 5.52 Å². The van der Waals surface area contributed by atoms with Crippen LogP contribution in [0.1, 0.15) is 5.56 Å². The van der Waals surface area contributed by atoms with Crippen molar-refractivity contribution < 1.29 is 0 Å². The first-order chi connectivity index (χ1) is 13.8. The summed E-state index contributed by atoms with van der Waals surface area (Å²) in [7, 11) is 0. The maximum absolute atomic E-state index is 5.99. The van der Waals surface area contributed by atoms with Gasteiger partial charge >= 0.3 is 0 Å². The average Bonchev–Trinajstić information content (AvgIpc) is 3.20. The van der Waals surface area contributed by atoms with Gasteiger partial charge < -0.3 is 0 Å². The number of nitrogens with zero attached hydrogens (tertiary/aromatic N) is 5. The highest BCUT2D eigenvalue weighted by atomic mass is 35.5. The molecule has 7 heteroatoms. The maximum atomic E-state index is 5.99. The number of halogens is 1. The molecule has 0 atom stereocenters. The minimum Gasteiger partial charge on any atom is -0.264 e. The molecule has 3 heterocycles. The van der Waals surface area contributed by atoms with Crippen LogP contribution < -0.4 is 0 Å². The Labute approximate surface area is 170 Å². The van der Waals surface area contributed by atoms with Gasteiger partial charge in [-0.2, -0.15) is 4.52 Å². The van der Waals surface area contributed by atoms with E-state index in [1.165, 1.54) is 5.56 Å². The summed E-state index contributed by atoms with van der Waals surface area (Å²) >= 11 is 7.61. The number of rotatable bonds is 4. The quantitative estimate of drug-likeness (QED) is 0.301. The van der Waals surface area contributed by atoms with Crippen LogP contribution in [0.3, 0.4) is 0 Å². The molecule has 0 spiro atoms. The second kappa shape index (κ2) is 7.22. The number of hydrogen-bond acceptors (Lipinski definition) is 5. The molecule has 0 aliphatic heterocycles. The van der Waals surface area contributed by atoms with E-state index in [0.717, 1.165) is 38.0 Å². The Morgan fingerprint density at radius 2 is 1.79 bits per heavy atom. The number of thioether (sulfide) groups is 1. The van der Waals surface area contributed by atoms with Crippen LogP contribution in [-0.2, 0) is 5.75 Å². The molecule has 2 aromatic carbocycles. The van der Waals surface area contributed by atoms with Gasteiger partial charge in [0.1, 0.15) is 0 Å². The van der Waals surface area contributed by atoms with Gasteiger partial charge in [-0.05, 0) is 42.0 Å². The largest absolute Gasteiger partial charge is 0.264 e. The second-order valence-electron chi connectivity index (χ2n) is 6.24. The van der Waals surface area contributed by atoms with Crippen molar-refractivity contribution in [2.24, 2.45) is 0 Å². The lowest BCUT2D eigenvalue weighted by molar-refractivity contribution is 0.811. The summed E-state index contributed by atoms with van der Waals surface area (Å²) in [5.74, 6) is 1.40. The Morgan fingerprint density at radius 3 is 2.61 bits per heavy atom. The molecule has 5 nitrogen and oxygen atoms in total. The van der Waals surface area contributed by atoms with Gasteiger partial charge in [-0.3, -0.25) is 4.98 Å². The number of para-hydroxylation sites is 1. The van der Waals surface area contributed by atoms with Crippen LogP contribution in [-0.4, -0.2) is 24.6 Å². The molecule has 0 radical (unpaired) electrons. The first-order valence-corrected chi connectivity index (χ1v) is 10.1. The second-order valence-corrected chi connectivity index (χ2v) is 7.62. The van der Waals surface area contributed by atoms with Crippen molar-refractivity contribution >= 4 is 39.9 Å². The molecule has 28 heavy (non-hydrogen) atoms. The highest BCUT2D eigenvalue weighted by Gasteiger charge is 2.15. The maximum Gasteiger partial charge on any atom is 0.191 e. The Kier molecular flexibility index (Phi) is 4.43. The van der Waals surface area contributed by atoms with Gasteiger partial charge in [-0.1, -0.05) is 47.6 Å². The summed E-state index contributed by atoms with van der Waals surface area (Å²) in [6, 6.07) is 19.7. The third-order valence-electron chi connectivity index (χ3n) is 4.35. The minimum atomic E-state index is 0.639. The van der Waals surface area contributed by atoms with Gasteiger partial charge in [0.2, 0.25) is 0 Å². The molecule has 5 aromatic rings. The number of benzene rings is 2. The summed E-state index contributed by atoms with van der Waals surface area (Å²) in [5, 5.41) is 7.22. The summed E-state index contributed by atoms with van der Waals surface area (Å²) in [4.78, 5) is 13.8. The van der Waals surface area contributed by atoms with E-state index in [1.54, 1.807) is 24.2 Å². The zero-order chi connectivity index (χ0) is 18.9. The van der Waals surface area contributed by atoms with E-state index >= 15 is 0 Å². The topological polar surface area (TPSA) is 56.0 Å². The molecule has 5 rings (SSSR count). The van der Waals surface area contributed by atoms with Gasteiger partial charge in [-0.25, -0.2) is 9.97 Å². The van der Waals surface area contributed by atoms with Crippen LogP contribution >= 0.6 is 23.4 Å². The molecule has 0 saturated carbocycles. The van der Waals surface area contributed by atoms with Crippen LogP contribution in [0, 0.1) is 0 Å². The highest BCUT2D eigenvalue weighted by Crippen LogP contribution is 2.28. The smallest absolute Gasteiger partial charge is 0.191 e. The normalized spacial score (nSPS) is 11.3. The Hall–Kier alpha value is -2.96. The molecule has 0 fully saturated rings. The average molecular weight is 404 g/mol. The van der Waals surface area contributed by atoms with E-state index in [-0.39, 0.29) is 0 Å². The summed E-state index contributed by atoms with van der Waals surface area (Å²) in [6.07, 6.45) is 3.51. The molecule has 0 bridgehead atoms. The fourth-order valence-corrected chi connectivity index (χ4v) is 4.00. The van der Waals surface area contributed by atoms with Crippen LogP contribution in [0.4, 0.5) is 0 Å². The van der Waals surface area contributed by atoms with Crippen molar-refractivity contribution in [3.05, 3.63) is 83.6 Å². The van der Waals surface area contributed by atoms with E-state index in [0.29, 0.717) is 5.82 Å². The monoisotopic (exact) mass is 403 g/mol. The first kappa shape index (κ1) is 17.2. The summed E-state index contributed by atoms with van der Waals surface area (Å²) in [5.41, 5.74) is 3.75. The molecule has 3 aromatic heterocycles. The number of fused-ring (bicyclic) bond motifs is 3. The summed E-state index contributed by atoms with van der Waals surface area (Å²) < 4.78 is 1.82. The molecule has 0 amide bonds. The van der Waals surface area contributed by atoms with Crippen molar-refractivity contribution in [3.8, 4) is 11.4 Å². The number of hydrogen-bond donors (Lipinski definition) is 0. The van der Waals surface area contributed by atoms with Crippen molar-refractivity contribution in [1.29, 1.82) is 0 Å². The fourth-order valence-electron chi connectivity index (χ4n) is 2.97. The lowest BCUT2D eigenvalue weighted by Gasteiger charge is -2.06. The fraction of sp³-hybridized carbons (Fsp3) is 0.0476. The molecular formula is C21H14ClN5S. The first-order valence-electron chi connectivity index (χ1n) is 8.71. The van der Waals surface area contributed by atoms with E-state index in [4.69, 9.17) is 26.7 Å². The van der Waals surface area contributed by atoms with Gasteiger partial charge in [0, 0.05) is 34.1 Å². The third-order valence-corrected chi connectivity index (χ3v) is 5.60. The van der Waals surface area contributed by atoms with Crippen LogP contribution in [0.15, 0.2) is 78.2 Å². The molecule has 0 unspecified atom stereocenters. The van der Waals surface area contributed by atoms with Crippen LogP contribution in [0.2, 0.25) is 5.02 Å². The highest BCUT2D eigenvalue weighted by molar-refractivity contribution is 7.98. The minimum absolute atomic E-state index is 0.639. The standard InChI is InChI=1S/C21H14ClN5S/c22-16-9-7-14(8-10-16)13-28-21-24-18-6-2-1-5-17(18)20-25-19(26-27(20)21)15-4-3-11-23-12-15/h1-12H,13H2. The SMILES string of the molecule is Clc1ccc(CSc2nc3ccccc3c3nc(-c4cccnc4)nn23)cc1. The number of aromatic nitrogens is 5. The predicted octanol–water partition coefficient (Wildman–Crippen LogP) is 5.29. The van der Waals surface area contributed by atoms with E-state index in [2.05, 4.69) is 4.98 Å². The van der Waals surface area contributed by atoms with Gasteiger partial charge in [0.15, 0.2) is 16.6 Å². The van der Waals surface area contributed by atoms with Crippen molar-refractivity contribution in [1.82, 2.24) is 24.6 Å². The van der Waals surface area contributed by atoms with Crippen molar-refractivity contribution in [2.45, 2.75) is 10.9 Å². The lowest BCUT2D eigenvalue weighted by Crippen LogP contribution is -1.98. The van der Waals surface area contributed by atoms with Crippen molar-refractivity contribution in [2.75, 3.05) is 0 Å². The Bertz CT molecular complexity index is 1270. The Morgan fingerprint density at radius 1 is 0.929 bits per heavy atom. The number of pyridine rings is 1. The Balaban J connectivity index is 1.62. The van der Waals surface area contributed by atoms with Crippen LogP contribution in [0.25, 0.3) is 27.9 Å². The molecule has 0 N–H and O–H groups in total. The van der Waals surface area contributed by atoms with E-state index in [1.807, 2.05) is 65.2 Å². The third kappa shape index (κ3) is 3.21. The molecule has 0 aliphatic rings. The van der Waals surface area contributed by atoms with Crippen molar-refractivity contribution in [3.63, 3.8) is 0 Å². The molecule has 136 valence electrons. The van der Waals surface area contributed by atoms with Gasteiger partial charge in [0.25, 0.3) is 0 Å². The lowest BCUT2D eigenvalue weighted by atomic mass is 10.2. The molecule has 0 saturated heterocycles. The van der Waals surface area contributed by atoms with Crippen LogP contribution in [0.5, 0.6) is 0 Å². The molecule has 0 aliphatic carbocycles. The zero-order valence-electron chi connectivity index (χ0n) is 14.7.